The van der Waals surface area contributed by atoms with Crippen LogP contribution in [0.15, 0.2) is 22.6 Å². The molecule has 17 heavy (non-hydrogen) atoms. The third-order valence-corrected chi connectivity index (χ3v) is 2.90. The monoisotopic (exact) mass is 236 g/mol. The number of oxazole rings is 1. The van der Waals surface area contributed by atoms with E-state index in [1.54, 1.807) is 6.07 Å². The van der Waals surface area contributed by atoms with Crippen LogP contribution in [0.2, 0.25) is 0 Å². The maximum atomic E-state index is 13.0. The summed E-state index contributed by atoms with van der Waals surface area (Å²) in [6.07, 6.45) is 0.555. The highest BCUT2D eigenvalue weighted by atomic mass is 19.1. The number of benzene rings is 1. The number of rotatable bonds is 2. The highest BCUT2D eigenvalue weighted by Gasteiger charge is 2.22. The molecular formula is C13H17FN2O. The Morgan fingerprint density at radius 1 is 1.41 bits per heavy atom. The van der Waals surface area contributed by atoms with Gasteiger partial charge in [-0.15, -0.1) is 0 Å². The van der Waals surface area contributed by atoms with Crippen LogP contribution in [0.25, 0.3) is 11.1 Å². The van der Waals surface area contributed by atoms with Gasteiger partial charge in [-0.1, -0.05) is 20.8 Å². The number of halogens is 1. The molecule has 92 valence electrons. The Bertz CT molecular complexity index is 528. The molecule has 0 aliphatic heterocycles. The van der Waals surface area contributed by atoms with Gasteiger partial charge in [-0.25, -0.2) is 9.37 Å². The summed E-state index contributed by atoms with van der Waals surface area (Å²) in [7, 11) is 0. The summed E-state index contributed by atoms with van der Waals surface area (Å²) >= 11 is 0. The van der Waals surface area contributed by atoms with Gasteiger partial charge in [-0.2, -0.15) is 0 Å². The molecule has 2 aromatic rings. The van der Waals surface area contributed by atoms with Crippen LogP contribution in [0.3, 0.4) is 0 Å². The fourth-order valence-corrected chi connectivity index (χ4v) is 1.53. The van der Waals surface area contributed by atoms with Crippen LogP contribution < -0.4 is 5.73 Å². The van der Waals surface area contributed by atoms with Crippen LogP contribution in [0.4, 0.5) is 4.39 Å². The molecule has 3 nitrogen and oxygen atoms in total. The van der Waals surface area contributed by atoms with E-state index in [1.807, 2.05) is 0 Å². The van der Waals surface area contributed by atoms with Crippen LogP contribution in [-0.2, 0) is 6.42 Å². The van der Waals surface area contributed by atoms with Crippen molar-refractivity contribution in [2.45, 2.75) is 33.2 Å². The summed E-state index contributed by atoms with van der Waals surface area (Å²) in [5.41, 5.74) is 7.19. The van der Waals surface area contributed by atoms with Gasteiger partial charge in [0.05, 0.1) is 0 Å². The predicted octanol–water partition coefficient (Wildman–Crippen LogP) is 2.88. The van der Waals surface area contributed by atoms with Crippen molar-refractivity contribution >= 4 is 11.1 Å². The average molecular weight is 236 g/mol. The van der Waals surface area contributed by atoms with Crippen LogP contribution in [0, 0.1) is 11.2 Å². The molecule has 1 heterocycles. The smallest absolute Gasteiger partial charge is 0.197 e. The lowest BCUT2D eigenvalue weighted by molar-refractivity contribution is 0.303. The Morgan fingerprint density at radius 2 is 2.12 bits per heavy atom. The lowest BCUT2D eigenvalue weighted by atomic mass is 9.85. The van der Waals surface area contributed by atoms with Gasteiger partial charge in [0, 0.05) is 18.5 Å². The molecule has 0 spiro atoms. The number of hydrogen-bond acceptors (Lipinski definition) is 3. The molecule has 1 aromatic carbocycles. The van der Waals surface area contributed by atoms with Crippen LogP contribution >= 0.6 is 0 Å². The van der Waals surface area contributed by atoms with Gasteiger partial charge in [0.25, 0.3) is 0 Å². The van der Waals surface area contributed by atoms with Gasteiger partial charge in [0.15, 0.2) is 11.5 Å². The van der Waals surface area contributed by atoms with Crippen LogP contribution in [0.5, 0.6) is 0 Å². The minimum Gasteiger partial charge on any atom is -0.441 e. The molecule has 1 atom stereocenters. The Labute approximate surface area is 99.8 Å². The SMILES string of the molecule is CC(C)(C)C(N)Cc1nc2ccc(F)cc2o1. The fourth-order valence-electron chi connectivity index (χ4n) is 1.53. The zero-order chi connectivity index (χ0) is 12.6. The largest absolute Gasteiger partial charge is 0.441 e. The first-order valence-corrected chi connectivity index (χ1v) is 5.67. The van der Waals surface area contributed by atoms with E-state index in [4.69, 9.17) is 10.2 Å². The molecule has 2 rings (SSSR count). The normalized spacial score (nSPS) is 14.2. The van der Waals surface area contributed by atoms with Crippen LogP contribution in [-0.4, -0.2) is 11.0 Å². The third kappa shape index (κ3) is 2.64. The second-order valence-electron chi connectivity index (χ2n) is 5.40. The Morgan fingerprint density at radius 3 is 2.76 bits per heavy atom. The van der Waals surface area contributed by atoms with Gasteiger partial charge in [0.2, 0.25) is 0 Å². The first kappa shape index (κ1) is 12.0. The van der Waals surface area contributed by atoms with E-state index in [0.29, 0.717) is 23.4 Å². The van der Waals surface area contributed by atoms with Gasteiger partial charge >= 0.3 is 0 Å². The summed E-state index contributed by atoms with van der Waals surface area (Å²) in [5.74, 6) is 0.244. The molecular weight excluding hydrogens is 219 g/mol. The quantitative estimate of drug-likeness (QED) is 0.872. The van der Waals surface area contributed by atoms with Crippen molar-refractivity contribution in [1.82, 2.24) is 4.98 Å². The first-order valence-electron chi connectivity index (χ1n) is 5.67. The molecule has 2 N–H and O–H groups in total. The molecule has 0 aliphatic rings. The van der Waals surface area contributed by atoms with E-state index in [0.717, 1.165) is 0 Å². The molecule has 0 fully saturated rings. The molecule has 0 bridgehead atoms. The van der Waals surface area contributed by atoms with Crippen molar-refractivity contribution in [2.24, 2.45) is 11.1 Å². The van der Waals surface area contributed by atoms with Gasteiger partial charge in [0.1, 0.15) is 11.3 Å². The molecule has 0 radical (unpaired) electrons. The zero-order valence-electron chi connectivity index (χ0n) is 10.3. The molecule has 1 unspecified atom stereocenters. The van der Waals surface area contributed by atoms with E-state index in [1.165, 1.54) is 12.1 Å². The van der Waals surface area contributed by atoms with E-state index >= 15 is 0 Å². The third-order valence-electron chi connectivity index (χ3n) is 2.90. The first-order chi connectivity index (χ1) is 7.86. The molecule has 0 amide bonds. The van der Waals surface area contributed by atoms with Crippen molar-refractivity contribution < 1.29 is 8.81 Å². The van der Waals surface area contributed by atoms with E-state index in [-0.39, 0.29) is 17.3 Å². The number of nitrogens with two attached hydrogens (primary N) is 1. The van der Waals surface area contributed by atoms with Gasteiger partial charge in [-0.3, -0.25) is 0 Å². The lowest BCUT2D eigenvalue weighted by Crippen LogP contribution is -2.36. The lowest BCUT2D eigenvalue weighted by Gasteiger charge is -2.25. The highest BCUT2D eigenvalue weighted by Crippen LogP contribution is 2.23. The standard InChI is InChI=1S/C13H17FN2O/c1-13(2,3)11(15)7-12-16-9-5-4-8(14)6-10(9)17-12/h4-6,11H,7,15H2,1-3H3. The Balaban J connectivity index is 2.25. The molecule has 4 heteroatoms. The molecule has 0 saturated carbocycles. The van der Waals surface area contributed by atoms with Crippen molar-refractivity contribution in [3.05, 3.63) is 29.9 Å². The maximum Gasteiger partial charge on any atom is 0.197 e. The Kier molecular flexibility index (Phi) is 2.91. The number of fused-ring (bicyclic) bond motifs is 1. The zero-order valence-corrected chi connectivity index (χ0v) is 10.3. The Hall–Kier alpha value is -1.42. The maximum absolute atomic E-state index is 13.0. The topological polar surface area (TPSA) is 52.0 Å². The van der Waals surface area contributed by atoms with E-state index in [2.05, 4.69) is 25.8 Å². The summed E-state index contributed by atoms with van der Waals surface area (Å²) in [6.45, 7) is 6.21. The minimum absolute atomic E-state index is 0.00803. The van der Waals surface area contributed by atoms with Gasteiger partial charge in [-0.05, 0) is 17.5 Å². The van der Waals surface area contributed by atoms with Crippen molar-refractivity contribution in [1.29, 1.82) is 0 Å². The van der Waals surface area contributed by atoms with E-state index in [9.17, 15) is 4.39 Å². The minimum atomic E-state index is -0.319. The number of nitrogens with zero attached hydrogens (tertiary/aromatic N) is 1. The average Bonchev–Trinajstić information content (AvgIpc) is 2.57. The fraction of sp³-hybridized carbons (Fsp3) is 0.462. The second kappa shape index (κ2) is 4.11. The van der Waals surface area contributed by atoms with Crippen molar-refractivity contribution in [3.8, 4) is 0 Å². The van der Waals surface area contributed by atoms with Crippen molar-refractivity contribution in [2.75, 3.05) is 0 Å². The van der Waals surface area contributed by atoms with E-state index < -0.39 is 0 Å². The van der Waals surface area contributed by atoms with Crippen molar-refractivity contribution in [3.63, 3.8) is 0 Å². The number of aromatic nitrogens is 1. The van der Waals surface area contributed by atoms with Crippen LogP contribution in [0.1, 0.15) is 26.7 Å². The molecule has 1 aromatic heterocycles. The molecule has 0 aliphatic carbocycles. The number of hydrogen-bond donors (Lipinski definition) is 1. The summed E-state index contributed by atoms with van der Waals surface area (Å²) < 4.78 is 18.5. The molecule has 0 saturated heterocycles. The summed E-state index contributed by atoms with van der Waals surface area (Å²) in [5, 5.41) is 0. The second-order valence-corrected chi connectivity index (χ2v) is 5.40. The predicted molar refractivity (Wildman–Crippen MR) is 65.1 cm³/mol. The summed E-state index contributed by atoms with van der Waals surface area (Å²) in [4.78, 5) is 4.29. The van der Waals surface area contributed by atoms with Gasteiger partial charge < -0.3 is 10.2 Å². The highest BCUT2D eigenvalue weighted by molar-refractivity contribution is 5.72. The summed E-state index contributed by atoms with van der Waals surface area (Å²) in [6, 6.07) is 4.29.